The predicted molar refractivity (Wildman–Crippen MR) is 211 cm³/mol. The number of carbonyl (C=O) groups excluding carboxylic acids is 7. The van der Waals surface area contributed by atoms with Crippen molar-refractivity contribution in [3.05, 3.63) is 0 Å². The molecule has 14 heteroatoms. The fraction of sp³-hybridized carbons (Fsp3) is 0.829. The number of Topliss-reactive ketones (excluding diaryl/α,β-unsaturated/α-hetero) is 1. The fourth-order valence-electron chi connectivity index (χ4n) is 7.88. The molecule has 314 valence electrons. The first-order chi connectivity index (χ1) is 25.3. The Hall–Kier alpha value is -3.55. The largest absolute Gasteiger partial charge is 0.396 e. The Labute approximate surface area is 329 Å². The molecule has 6 amide bonds. The lowest BCUT2D eigenvalue weighted by Crippen LogP contribution is -2.60. The van der Waals surface area contributed by atoms with E-state index in [2.05, 4.69) is 10.6 Å². The lowest BCUT2D eigenvalue weighted by Gasteiger charge is -2.36. The van der Waals surface area contributed by atoms with Crippen LogP contribution in [0.2, 0.25) is 0 Å². The van der Waals surface area contributed by atoms with Gasteiger partial charge in [0.05, 0.1) is 6.04 Å². The Bertz CT molecular complexity index is 1410. The second-order valence-corrected chi connectivity index (χ2v) is 17.6. The molecule has 55 heavy (non-hydrogen) atoms. The zero-order valence-corrected chi connectivity index (χ0v) is 36.4. The van der Waals surface area contributed by atoms with E-state index < -0.39 is 65.8 Å². The normalized spacial score (nSPS) is 25.9. The van der Waals surface area contributed by atoms with Crippen LogP contribution in [0.4, 0.5) is 0 Å². The van der Waals surface area contributed by atoms with Gasteiger partial charge >= 0.3 is 0 Å². The summed E-state index contributed by atoms with van der Waals surface area (Å²) in [5.41, 5.74) is 0. The Kier molecular flexibility index (Phi) is 16.9. The summed E-state index contributed by atoms with van der Waals surface area (Å²) >= 11 is 0. The highest BCUT2D eigenvalue weighted by molar-refractivity contribution is 5.97. The number of hydrogen-bond acceptors (Lipinski definition) is 8. The van der Waals surface area contributed by atoms with Gasteiger partial charge < -0.3 is 35.3 Å². The Morgan fingerprint density at radius 2 is 0.909 bits per heavy atom. The zero-order valence-electron chi connectivity index (χ0n) is 36.4. The third-order valence-corrected chi connectivity index (χ3v) is 13.1. The topological polar surface area (TPSA) is 177 Å². The van der Waals surface area contributed by atoms with Gasteiger partial charge in [0.25, 0.3) is 0 Å². The first kappa shape index (κ1) is 47.6. The lowest BCUT2D eigenvalue weighted by molar-refractivity contribution is -0.150. The summed E-state index contributed by atoms with van der Waals surface area (Å²) in [4.78, 5) is 100. The summed E-state index contributed by atoms with van der Waals surface area (Å²) in [6, 6.07) is -5.54. The van der Waals surface area contributed by atoms with Gasteiger partial charge in [-0.1, -0.05) is 55.4 Å². The third-order valence-electron chi connectivity index (χ3n) is 13.1. The molecule has 2 aliphatic rings. The van der Waals surface area contributed by atoms with E-state index in [1.165, 1.54) is 54.7 Å². The van der Waals surface area contributed by atoms with Gasteiger partial charge in [-0.2, -0.15) is 0 Å². The van der Waals surface area contributed by atoms with Crippen LogP contribution in [0.15, 0.2) is 0 Å². The number of amides is 6. The van der Waals surface area contributed by atoms with Gasteiger partial charge in [-0.05, 0) is 87.9 Å². The average molecular weight is 777 g/mol. The van der Waals surface area contributed by atoms with Crippen LogP contribution in [0.5, 0.6) is 0 Å². The minimum Gasteiger partial charge on any atom is -0.396 e. The highest BCUT2D eigenvalue weighted by atomic mass is 16.3. The smallest absolute Gasteiger partial charge is 0.245 e. The van der Waals surface area contributed by atoms with Crippen molar-refractivity contribution in [1.82, 2.24) is 30.2 Å². The van der Waals surface area contributed by atoms with Crippen LogP contribution in [0, 0.1) is 53.3 Å². The maximum absolute atomic E-state index is 14.3. The number of likely N-dealkylation sites (N-methyl/N-ethyl adjacent to an activating group) is 4. The highest BCUT2D eigenvalue weighted by Gasteiger charge is 2.54. The molecule has 2 fully saturated rings. The number of ketones is 1. The summed E-state index contributed by atoms with van der Waals surface area (Å²) in [7, 11) is 6.00. The number of nitrogens with one attached hydrogen (secondary N) is 2. The van der Waals surface area contributed by atoms with Gasteiger partial charge in [0, 0.05) is 40.7 Å². The van der Waals surface area contributed by atoms with Crippen molar-refractivity contribution >= 4 is 41.2 Å². The highest BCUT2D eigenvalue weighted by Crippen LogP contribution is 2.49. The number of hydrogen-bond donors (Lipinski definition) is 3. The molecule has 2 rings (SSSR count). The minimum absolute atomic E-state index is 0.0770. The number of nitrogens with zero attached hydrogens (tertiary/aromatic N) is 4. The van der Waals surface area contributed by atoms with Crippen LogP contribution >= 0.6 is 0 Å². The standard InChI is InChI=1S/C41H72N6O8/c1-20(2)17-22(4)36(50)42-34(32-23(5)24(32)6)40(54)46(15)29(11)39(53)47(16)31(18-21(3)19-48)37(51)43-35(33-25(7)26(33)8)41(55)45(14)28(10)38(52)44(13)27(9)30(12)49/h20-29,31-35,48H,17-19H2,1-16H3,(H,42,50)(H,43,51)/t21?,22-,23+,24+,25+,26+,27-,28+,29+,31+,34-,35+/m1/s1. The van der Waals surface area contributed by atoms with Crippen LogP contribution in [-0.4, -0.2) is 137 Å². The molecular formula is C41H72N6O8. The second kappa shape index (κ2) is 19.5. The van der Waals surface area contributed by atoms with Gasteiger partial charge in [0.1, 0.15) is 30.2 Å². The number of rotatable bonds is 20. The lowest BCUT2D eigenvalue weighted by atomic mass is 9.97. The van der Waals surface area contributed by atoms with Crippen LogP contribution in [0.3, 0.4) is 0 Å². The van der Waals surface area contributed by atoms with Gasteiger partial charge in [-0.15, -0.1) is 0 Å². The molecule has 2 aliphatic carbocycles. The van der Waals surface area contributed by atoms with Crippen molar-refractivity contribution < 1.29 is 38.7 Å². The van der Waals surface area contributed by atoms with Crippen molar-refractivity contribution in [2.75, 3.05) is 34.8 Å². The van der Waals surface area contributed by atoms with E-state index in [0.717, 1.165) is 0 Å². The Balaban J connectivity index is 2.35. The minimum atomic E-state index is -1.11. The maximum Gasteiger partial charge on any atom is 0.245 e. The summed E-state index contributed by atoms with van der Waals surface area (Å²) < 4.78 is 0. The van der Waals surface area contributed by atoms with Gasteiger partial charge in [0.15, 0.2) is 5.78 Å². The molecule has 0 aromatic rings. The van der Waals surface area contributed by atoms with Crippen molar-refractivity contribution in [1.29, 1.82) is 0 Å². The predicted octanol–water partition coefficient (Wildman–Crippen LogP) is 2.42. The van der Waals surface area contributed by atoms with E-state index in [9.17, 15) is 38.7 Å². The molecule has 2 saturated carbocycles. The quantitative estimate of drug-likeness (QED) is 0.169. The molecule has 0 spiro atoms. The van der Waals surface area contributed by atoms with E-state index in [-0.39, 0.29) is 72.1 Å². The average Bonchev–Trinajstić information content (AvgIpc) is 3.96. The van der Waals surface area contributed by atoms with E-state index >= 15 is 0 Å². The number of aliphatic hydroxyl groups is 1. The summed E-state index contributed by atoms with van der Waals surface area (Å²) in [5.74, 6) is -2.87. The Morgan fingerprint density at radius 3 is 1.25 bits per heavy atom. The number of aliphatic hydroxyl groups excluding tert-OH is 1. The van der Waals surface area contributed by atoms with Crippen LogP contribution in [0.25, 0.3) is 0 Å². The molecule has 0 aromatic heterocycles. The third kappa shape index (κ3) is 11.3. The van der Waals surface area contributed by atoms with Crippen LogP contribution < -0.4 is 10.6 Å². The molecule has 0 heterocycles. The molecule has 14 nitrogen and oxygen atoms in total. The first-order valence-electron chi connectivity index (χ1n) is 20.1. The van der Waals surface area contributed by atoms with E-state index in [0.29, 0.717) is 12.3 Å². The van der Waals surface area contributed by atoms with Gasteiger partial charge in [-0.25, -0.2) is 0 Å². The second-order valence-electron chi connectivity index (χ2n) is 17.6. The molecule has 1 unspecified atom stereocenters. The van der Waals surface area contributed by atoms with Crippen LogP contribution in [0.1, 0.15) is 95.9 Å². The maximum atomic E-state index is 14.3. The van der Waals surface area contributed by atoms with Crippen molar-refractivity contribution in [2.24, 2.45) is 53.3 Å². The van der Waals surface area contributed by atoms with Crippen LogP contribution in [-0.2, 0) is 33.6 Å². The molecule has 0 aliphatic heterocycles. The van der Waals surface area contributed by atoms with Crippen molar-refractivity contribution in [3.63, 3.8) is 0 Å². The molecule has 0 saturated heterocycles. The molecular weight excluding hydrogens is 704 g/mol. The van der Waals surface area contributed by atoms with Crippen molar-refractivity contribution in [3.8, 4) is 0 Å². The first-order valence-corrected chi connectivity index (χ1v) is 20.1. The molecule has 12 atom stereocenters. The monoisotopic (exact) mass is 777 g/mol. The van der Waals surface area contributed by atoms with E-state index in [4.69, 9.17) is 0 Å². The molecule has 3 N–H and O–H groups in total. The van der Waals surface area contributed by atoms with E-state index in [1.54, 1.807) is 27.7 Å². The summed E-state index contributed by atoms with van der Waals surface area (Å²) in [6.45, 7) is 21.6. The van der Waals surface area contributed by atoms with Gasteiger partial charge in [-0.3, -0.25) is 33.6 Å². The Morgan fingerprint density at radius 1 is 0.545 bits per heavy atom. The summed E-state index contributed by atoms with van der Waals surface area (Å²) in [5, 5.41) is 15.9. The summed E-state index contributed by atoms with van der Waals surface area (Å²) in [6.07, 6.45) is 0.748. The molecule has 0 aromatic carbocycles. The van der Waals surface area contributed by atoms with Crippen molar-refractivity contribution in [2.45, 2.75) is 132 Å². The van der Waals surface area contributed by atoms with Gasteiger partial charge in [0.2, 0.25) is 35.4 Å². The molecule has 0 radical (unpaired) electrons. The number of carbonyl (C=O) groups is 7. The zero-order chi connectivity index (χ0) is 42.5. The SMILES string of the molecule is CC(=O)[C@@H](C)N(C)C(=O)[C@H](C)N(C)C(=O)[C@@H](NC(=O)[C@H](CC(C)CO)N(C)C(=O)[C@H](C)N(C)C(=O)[C@H](NC(=O)[C@H](C)CC(C)C)C1[C@@H](C)[C@@H]1C)C1[C@@H](C)[C@@H]1C. The van der Waals surface area contributed by atoms with E-state index in [1.807, 2.05) is 48.5 Å². The fourth-order valence-corrected chi connectivity index (χ4v) is 7.88. The molecule has 0 bridgehead atoms.